The molecule has 0 bridgehead atoms. The molecule has 5 heteroatoms. The summed E-state index contributed by atoms with van der Waals surface area (Å²) in [5, 5.41) is 8.62. The van der Waals surface area contributed by atoms with Gasteiger partial charge < -0.3 is 5.11 Å². The molecular formula is C12H17BrO3S. The molecule has 0 aromatic heterocycles. The first-order chi connectivity index (χ1) is 7.80. The SMILES string of the molecule is CC(CO)c1ccc(S(=O)(=O)C(C)C)c(Br)c1. The van der Waals surface area contributed by atoms with Crippen molar-refractivity contribution in [2.75, 3.05) is 6.61 Å². The van der Waals surface area contributed by atoms with Gasteiger partial charge in [0.15, 0.2) is 9.84 Å². The third-order valence-corrected chi connectivity index (χ3v) is 5.85. The Balaban J connectivity index is 3.24. The molecule has 0 heterocycles. The van der Waals surface area contributed by atoms with Crippen LogP contribution in [-0.2, 0) is 9.84 Å². The second-order valence-corrected chi connectivity index (χ2v) is 7.69. The number of aliphatic hydroxyl groups excluding tert-OH is 1. The molecule has 0 spiro atoms. The zero-order valence-corrected chi connectivity index (χ0v) is 12.5. The van der Waals surface area contributed by atoms with E-state index in [9.17, 15) is 8.42 Å². The molecule has 0 saturated heterocycles. The highest BCUT2D eigenvalue weighted by Crippen LogP contribution is 2.28. The number of benzene rings is 1. The average Bonchev–Trinajstić information content (AvgIpc) is 2.27. The Labute approximate surface area is 111 Å². The number of hydrogen-bond acceptors (Lipinski definition) is 3. The first-order valence-electron chi connectivity index (χ1n) is 5.45. The average molecular weight is 321 g/mol. The molecular weight excluding hydrogens is 304 g/mol. The Bertz CT molecular complexity index is 494. The zero-order valence-electron chi connectivity index (χ0n) is 10.1. The van der Waals surface area contributed by atoms with Crippen molar-refractivity contribution in [1.29, 1.82) is 0 Å². The third-order valence-electron chi connectivity index (χ3n) is 2.73. The Morgan fingerprint density at radius 2 is 1.88 bits per heavy atom. The largest absolute Gasteiger partial charge is 0.396 e. The zero-order chi connectivity index (χ0) is 13.2. The Hall–Kier alpha value is -0.390. The molecule has 1 N–H and O–H groups in total. The van der Waals surface area contributed by atoms with E-state index >= 15 is 0 Å². The molecule has 17 heavy (non-hydrogen) atoms. The van der Waals surface area contributed by atoms with Crippen LogP contribution in [0.15, 0.2) is 27.6 Å². The van der Waals surface area contributed by atoms with Crippen LogP contribution in [0, 0.1) is 0 Å². The Morgan fingerprint density at radius 1 is 1.29 bits per heavy atom. The molecule has 96 valence electrons. The quantitative estimate of drug-likeness (QED) is 0.928. The maximum absolute atomic E-state index is 12.0. The summed E-state index contributed by atoms with van der Waals surface area (Å²) in [7, 11) is -3.27. The topological polar surface area (TPSA) is 54.4 Å². The predicted octanol–water partition coefficient (Wildman–Crippen LogP) is 2.73. The van der Waals surface area contributed by atoms with E-state index in [2.05, 4.69) is 15.9 Å². The van der Waals surface area contributed by atoms with Crippen LogP contribution in [0.4, 0.5) is 0 Å². The molecule has 1 atom stereocenters. The first-order valence-corrected chi connectivity index (χ1v) is 7.78. The van der Waals surface area contributed by atoms with E-state index in [4.69, 9.17) is 5.11 Å². The fourth-order valence-corrected chi connectivity index (χ4v) is 3.58. The number of hydrogen-bond donors (Lipinski definition) is 1. The molecule has 1 aromatic carbocycles. The van der Waals surface area contributed by atoms with E-state index in [1.165, 1.54) is 0 Å². The van der Waals surface area contributed by atoms with E-state index in [0.29, 0.717) is 9.37 Å². The van der Waals surface area contributed by atoms with E-state index in [0.717, 1.165) is 5.56 Å². The van der Waals surface area contributed by atoms with E-state index < -0.39 is 15.1 Å². The van der Waals surface area contributed by atoms with E-state index in [-0.39, 0.29) is 12.5 Å². The summed E-state index contributed by atoms with van der Waals surface area (Å²) in [5.41, 5.74) is 0.919. The minimum absolute atomic E-state index is 0.00195. The van der Waals surface area contributed by atoms with Crippen LogP contribution in [0.3, 0.4) is 0 Å². The monoisotopic (exact) mass is 320 g/mol. The highest BCUT2D eigenvalue weighted by Gasteiger charge is 2.22. The predicted molar refractivity (Wildman–Crippen MR) is 72.0 cm³/mol. The lowest BCUT2D eigenvalue weighted by Crippen LogP contribution is -2.14. The third kappa shape index (κ3) is 3.09. The van der Waals surface area contributed by atoms with Crippen molar-refractivity contribution in [1.82, 2.24) is 0 Å². The summed E-state index contributed by atoms with van der Waals surface area (Å²) >= 11 is 3.29. The van der Waals surface area contributed by atoms with Crippen molar-refractivity contribution in [3.05, 3.63) is 28.2 Å². The van der Waals surface area contributed by atoms with Gasteiger partial charge in [0.1, 0.15) is 0 Å². The van der Waals surface area contributed by atoms with Crippen molar-refractivity contribution in [2.24, 2.45) is 0 Å². The lowest BCUT2D eigenvalue weighted by Gasteiger charge is -2.13. The van der Waals surface area contributed by atoms with Crippen molar-refractivity contribution in [2.45, 2.75) is 36.8 Å². The fraction of sp³-hybridized carbons (Fsp3) is 0.500. The van der Waals surface area contributed by atoms with Crippen LogP contribution in [0.5, 0.6) is 0 Å². The van der Waals surface area contributed by atoms with Gasteiger partial charge in [-0.25, -0.2) is 8.42 Å². The molecule has 0 fully saturated rings. The van der Waals surface area contributed by atoms with Crippen LogP contribution in [-0.4, -0.2) is 25.4 Å². The normalized spacial score (nSPS) is 14.0. The van der Waals surface area contributed by atoms with Gasteiger partial charge in [-0.05, 0) is 47.5 Å². The summed E-state index contributed by atoms with van der Waals surface area (Å²) in [4.78, 5) is 0.307. The van der Waals surface area contributed by atoms with Crippen LogP contribution in [0.1, 0.15) is 32.3 Å². The maximum Gasteiger partial charge on any atom is 0.181 e. The maximum atomic E-state index is 12.0. The molecule has 1 aromatic rings. The standard InChI is InChI=1S/C12H17BrO3S/c1-8(2)17(15,16)12-5-4-10(6-11(12)13)9(3)7-14/h4-6,8-9,14H,7H2,1-3H3. The van der Waals surface area contributed by atoms with E-state index in [1.54, 1.807) is 32.0 Å². The molecule has 1 unspecified atom stereocenters. The highest BCUT2D eigenvalue weighted by atomic mass is 79.9. The summed E-state index contributed by atoms with van der Waals surface area (Å²) < 4.78 is 24.6. The Kier molecular flexibility index (Phi) is 4.75. The van der Waals surface area contributed by atoms with E-state index in [1.807, 2.05) is 6.92 Å². The van der Waals surface area contributed by atoms with Gasteiger partial charge in [0, 0.05) is 17.0 Å². The van der Waals surface area contributed by atoms with Gasteiger partial charge in [0.25, 0.3) is 0 Å². The van der Waals surface area contributed by atoms with Crippen molar-refractivity contribution < 1.29 is 13.5 Å². The van der Waals surface area contributed by atoms with Gasteiger partial charge in [-0.1, -0.05) is 13.0 Å². The highest BCUT2D eigenvalue weighted by molar-refractivity contribution is 9.10. The van der Waals surface area contributed by atoms with Gasteiger partial charge in [0.05, 0.1) is 10.1 Å². The molecule has 0 amide bonds. The minimum atomic E-state index is -3.27. The number of halogens is 1. The number of rotatable bonds is 4. The van der Waals surface area contributed by atoms with Gasteiger partial charge >= 0.3 is 0 Å². The van der Waals surface area contributed by atoms with Crippen LogP contribution in [0.2, 0.25) is 0 Å². The molecule has 0 aliphatic carbocycles. The summed E-state index contributed by atoms with van der Waals surface area (Å²) in [5.74, 6) is 0.00195. The number of sulfone groups is 1. The van der Waals surface area contributed by atoms with Crippen LogP contribution >= 0.6 is 15.9 Å². The first kappa shape index (κ1) is 14.7. The second kappa shape index (κ2) is 5.50. The fourth-order valence-electron chi connectivity index (χ4n) is 1.41. The summed E-state index contributed by atoms with van der Waals surface area (Å²) in [6, 6.07) is 5.11. The number of aliphatic hydroxyl groups is 1. The molecule has 0 saturated carbocycles. The van der Waals surface area contributed by atoms with Gasteiger partial charge in [-0.2, -0.15) is 0 Å². The van der Waals surface area contributed by atoms with Gasteiger partial charge in [-0.3, -0.25) is 0 Å². The molecule has 1 rings (SSSR count). The van der Waals surface area contributed by atoms with Crippen molar-refractivity contribution >= 4 is 25.8 Å². The lowest BCUT2D eigenvalue weighted by molar-refractivity contribution is 0.273. The second-order valence-electron chi connectivity index (χ2n) is 4.37. The van der Waals surface area contributed by atoms with Crippen molar-refractivity contribution in [3.63, 3.8) is 0 Å². The summed E-state index contributed by atoms with van der Waals surface area (Å²) in [6.07, 6.45) is 0. The Morgan fingerprint density at radius 3 is 2.29 bits per heavy atom. The molecule has 0 aliphatic rings. The molecule has 3 nitrogen and oxygen atoms in total. The van der Waals surface area contributed by atoms with Crippen molar-refractivity contribution in [3.8, 4) is 0 Å². The smallest absolute Gasteiger partial charge is 0.181 e. The molecule has 0 aliphatic heterocycles. The van der Waals surface area contributed by atoms with Gasteiger partial charge in [-0.15, -0.1) is 0 Å². The van der Waals surface area contributed by atoms with Gasteiger partial charge in [0.2, 0.25) is 0 Å². The van der Waals surface area contributed by atoms with Crippen LogP contribution in [0.25, 0.3) is 0 Å². The molecule has 0 radical (unpaired) electrons. The lowest BCUT2D eigenvalue weighted by atomic mass is 10.0. The van der Waals surface area contributed by atoms with Crippen LogP contribution < -0.4 is 0 Å². The minimum Gasteiger partial charge on any atom is -0.396 e. The summed E-state index contributed by atoms with van der Waals surface area (Å²) in [6.45, 7) is 5.25.